The first-order valence-electron chi connectivity index (χ1n) is 16.1. The zero-order chi connectivity index (χ0) is 29.3. The number of amides is 2. The number of piperazine rings is 1. The van der Waals surface area contributed by atoms with E-state index in [0.717, 1.165) is 50.8 Å². The van der Waals surface area contributed by atoms with Crippen molar-refractivity contribution in [1.29, 1.82) is 0 Å². The second-order valence-corrected chi connectivity index (χ2v) is 13.4. The minimum Gasteiger partial charge on any atom is -0.387 e. The van der Waals surface area contributed by atoms with E-state index in [4.69, 9.17) is 0 Å². The molecular weight excluding hydrogens is 528 g/mol. The summed E-state index contributed by atoms with van der Waals surface area (Å²) in [6.45, 7) is 5.93. The van der Waals surface area contributed by atoms with Crippen molar-refractivity contribution in [3.63, 3.8) is 0 Å². The molecule has 2 aliphatic heterocycles. The monoisotopic (exact) mass is 574 g/mol. The second-order valence-electron chi connectivity index (χ2n) is 13.4. The van der Waals surface area contributed by atoms with E-state index in [1.165, 1.54) is 19.3 Å². The van der Waals surface area contributed by atoms with Crippen LogP contribution in [0, 0.1) is 17.3 Å². The molecule has 42 heavy (non-hydrogen) atoms. The molecular formula is C34H46N4O4. The van der Waals surface area contributed by atoms with Crippen LogP contribution in [0.25, 0.3) is 11.1 Å². The molecule has 2 aliphatic carbocycles. The highest BCUT2D eigenvalue weighted by Gasteiger charge is 2.56. The van der Waals surface area contributed by atoms with Crippen molar-refractivity contribution in [2.45, 2.75) is 76.9 Å². The zero-order valence-corrected chi connectivity index (χ0v) is 25.0. The molecule has 4 fully saturated rings. The maximum atomic E-state index is 13.8. The number of hydrogen-bond donors (Lipinski definition) is 2. The summed E-state index contributed by atoms with van der Waals surface area (Å²) in [4.78, 5) is 44.8. The quantitative estimate of drug-likeness (QED) is 0.523. The van der Waals surface area contributed by atoms with Gasteiger partial charge < -0.3 is 24.8 Å². The average Bonchev–Trinajstić information content (AvgIpc) is 3.47. The number of hydrogen-bond acceptors (Lipinski definition) is 5. The fourth-order valence-corrected chi connectivity index (χ4v) is 7.97. The maximum Gasteiger partial charge on any atom is 0.256 e. The first-order valence-corrected chi connectivity index (χ1v) is 16.1. The van der Waals surface area contributed by atoms with Gasteiger partial charge in [0.1, 0.15) is 0 Å². The molecule has 226 valence electrons. The summed E-state index contributed by atoms with van der Waals surface area (Å²) >= 11 is 0. The SMILES string of the molecule is C[C@H](CC1CCC1)C(=O)N1CC[C@](O)(Cn2cc(C(=O)N3CCNCC3)c(-c3ccccc3)cc2=O)C2(CCCC2)C1. The smallest absolute Gasteiger partial charge is 0.256 e. The van der Waals surface area contributed by atoms with Crippen molar-refractivity contribution < 1.29 is 14.7 Å². The minimum atomic E-state index is -1.13. The van der Waals surface area contributed by atoms with Gasteiger partial charge in [0, 0.05) is 68.4 Å². The summed E-state index contributed by atoms with van der Waals surface area (Å²) in [5.74, 6) is 0.803. The van der Waals surface area contributed by atoms with Crippen LogP contribution in [-0.2, 0) is 11.3 Å². The molecule has 2 saturated heterocycles. The van der Waals surface area contributed by atoms with Crippen molar-refractivity contribution in [1.82, 2.24) is 19.7 Å². The molecule has 2 atom stereocenters. The highest BCUT2D eigenvalue weighted by atomic mass is 16.3. The Bertz CT molecular complexity index is 1340. The normalized spacial score (nSPS) is 24.9. The Morgan fingerprint density at radius 3 is 2.38 bits per heavy atom. The number of likely N-dealkylation sites (tertiary alicyclic amines) is 1. The second kappa shape index (κ2) is 12.0. The van der Waals surface area contributed by atoms with Gasteiger partial charge in [-0.15, -0.1) is 0 Å². The van der Waals surface area contributed by atoms with E-state index in [1.54, 1.807) is 16.8 Å². The average molecular weight is 575 g/mol. The topological polar surface area (TPSA) is 94.9 Å². The van der Waals surface area contributed by atoms with E-state index in [1.807, 2.05) is 40.1 Å². The predicted octanol–water partition coefficient (Wildman–Crippen LogP) is 3.91. The van der Waals surface area contributed by atoms with Gasteiger partial charge in [-0.1, -0.05) is 69.4 Å². The lowest BCUT2D eigenvalue weighted by Crippen LogP contribution is -2.62. The fraction of sp³-hybridized carbons (Fsp3) is 0.618. The molecule has 0 radical (unpaired) electrons. The Balaban J connectivity index is 1.29. The van der Waals surface area contributed by atoms with E-state index in [2.05, 4.69) is 12.2 Å². The van der Waals surface area contributed by atoms with Gasteiger partial charge in [0.2, 0.25) is 5.91 Å². The Labute approximate surface area is 249 Å². The largest absolute Gasteiger partial charge is 0.387 e. The lowest BCUT2D eigenvalue weighted by atomic mass is 9.65. The van der Waals surface area contributed by atoms with Crippen molar-refractivity contribution >= 4 is 11.8 Å². The number of aliphatic hydroxyl groups is 1. The molecule has 8 heteroatoms. The van der Waals surface area contributed by atoms with Crippen molar-refractivity contribution in [3.05, 3.63) is 58.5 Å². The molecule has 6 rings (SSSR count). The molecule has 0 bridgehead atoms. The molecule has 1 aromatic carbocycles. The van der Waals surface area contributed by atoms with E-state index < -0.39 is 11.0 Å². The third kappa shape index (κ3) is 5.55. The predicted molar refractivity (Wildman–Crippen MR) is 163 cm³/mol. The summed E-state index contributed by atoms with van der Waals surface area (Å²) in [6, 6.07) is 11.2. The molecule has 2 N–H and O–H groups in total. The number of rotatable bonds is 7. The number of carbonyl (C=O) groups excluding carboxylic acids is 2. The Kier molecular flexibility index (Phi) is 8.29. The zero-order valence-electron chi connectivity index (χ0n) is 25.0. The first-order chi connectivity index (χ1) is 20.3. The third-order valence-corrected chi connectivity index (χ3v) is 10.8. The van der Waals surface area contributed by atoms with Crippen LogP contribution in [0.5, 0.6) is 0 Å². The lowest BCUT2D eigenvalue weighted by Gasteiger charge is -2.53. The van der Waals surface area contributed by atoms with Crippen LogP contribution < -0.4 is 10.9 Å². The number of piperidine rings is 1. The van der Waals surface area contributed by atoms with Gasteiger partial charge in [0.05, 0.1) is 17.7 Å². The Hall–Kier alpha value is -2.97. The molecule has 8 nitrogen and oxygen atoms in total. The molecule has 2 aromatic rings. The number of aromatic nitrogens is 1. The van der Waals surface area contributed by atoms with Crippen LogP contribution in [-0.4, -0.2) is 76.2 Å². The first kappa shape index (κ1) is 29.1. The number of nitrogens with zero attached hydrogens (tertiary/aromatic N) is 3. The van der Waals surface area contributed by atoms with Crippen LogP contribution in [0.15, 0.2) is 47.4 Å². The summed E-state index contributed by atoms with van der Waals surface area (Å²) in [6.07, 6.45) is 10.5. The highest BCUT2D eigenvalue weighted by molar-refractivity contribution is 6.00. The fourth-order valence-electron chi connectivity index (χ4n) is 7.97. The van der Waals surface area contributed by atoms with Crippen LogP contribution in [0.2, 0.25) is 0 Å². The number of benzene rings is 1. The Morgan fingerprint density at radius 2 is 1.71 bits per heavy atom. The standard InChI is InChI=1S/C34H46N4O4/c1-25(20-26-8-7-9-26)31(40)37-17-14-34(42,33(23-37)12-5-6-13-33)24-38-22-29(32(41)36-18-15-35-16-19-36)28(21-30(38)39)27-10-3-2-4-11-27/h2-4,10-11,21-22,25-26,35,42H,5-9,12-20,23-24H2,1H3/t25-,34+/m1/s1. The van der Waals surface area contributed by atoms with Crippen LogP contribution in [0.3, 0.4) is 0 Å². The van der Waals surface area contributed by atoms with Crippen LogP contribution in [0.4, 0.5) is 0 Å². The minimum absolute atomic E-state index is 0.00616. The van der Waals surface area contributed by atoms with Gasteiger partial charge in [-0.2, -0.15) is 0 Å². The molecule has 0 unspecified atom stereocenters. The molecule has 4 aliphatic rings. The van der Waals surface area contributed by atoms with Gasteiger partial charge >= 0.3 is 0 Å². The number of nitrogens with one attached hydrogen (secondary N) is 1. The molecule has 2 amide bonds. The van der Waals surface area contributed by atoms with E-state index in [-0.39, 0.29) is 29.8 Å². The summed E-state index contributed by atoms with van der Waals surface area (Å²) in [5.41, 5.74) is 0.143. The highest BCUT2D eigenvalue weighted by Crippen LogP contribution is 2.52. The van der Waals surface area contributed by atoms with Crippen molar-refractivity contribution in [2.75, 3.05) is 39.3 Å². The van der Waals surface area contributed by atoms with Crippen LogP contribution >= 0.6 is 0 Å². The van der Waals surface area contributed by atoms with Crippen molar-refractivity contribution in [2.24, 2.45) is 17.3 Å². The third-order valence-electron chi connectivity index (χ3n) is 10.8. The molecule has 1 spiro atoms. The van der Waals surface area contributed by atoms with E-state index in [9.17, 15) is 19.5 Å². The summed E-state index contributed by atoms with van der Waals surface area (Å²) in [5, 5.41) is 15.7. The Morgan fingerprint density at radius 1 is 1.00 bits per heavy atom. The molecule has 2 saturated carbocycles. The lowest BCUT2D eigenvalue weighted by molar-refractivity contribution is -0.163. The van der Waals surface area contributed by atoms with Gasteiger partial charge in [-0.05, 0) is 37.2 Å². The summed E-state index contributed by atoms with van der Waals surface area (Å²) in [7, 11) is 0. The molecule has 3 heterocycles. The van der Waals surface area contributed by atoms with Gasteiger partial charge in [0.25, 0.3) is 11.5 Å². The van der Waals surface area contributed by atoms with Gasteiger partial charge in [-0.3, -0.25) is 14.4 Å². The number of carbonyl (C=O) groups is 2. The maximum absolute atomic E-state index is 13.8. The van der Waals surface area contributed by atoms with Gasteiger partial charge in [-0.25, -0.2) is 0 Å². The van der Waals surface area contributed by atoms with Crippen molar-refractivity contribution in [3.8, 4) is 11.1 Å². The molecule has 1 aromatic heterocycles. The van der Waals surface area contributed by atoms with Gasteiger partial charge in [0.15, 0.2) is 0 Å². The van der Waals surface area contributed by atoms with E-state index in [0.29, 0.717) is 49.6 Å². The van der Waals surface area contributed by atoms with E-state index >= 15 is 0 Å². The van der Waals surface area contributed by atoms with Crippen LogP contribution in [0.1, 0.15) is 75.1 Å². The number of pyridine rings is 1. The summed E-state index contributed by atoms with van der Waals surface area (Å²) < 4.78 is 1.57.